The number of amides is 3. The lowest BCUT2D eigenvalue weighted by Crippen LogP contribution is -2.60. The minimum absolute atomic E-state index is 0.0648. The van der Waals surface area contributed by atoms with Crippen LogP contribution in [0.25, 0.3) is 21.6 Å². The maximum absolute atomic E-state index is 15.1. The molecule has 3 heterocycles. The number of hydrogen-bond donors (Lipinski definition) is 2. The molecule has 3 amide bonds. The molecular weight excluding hydrogens is 831 g/mol. The monoisotopic (exact) mass is 893 g/mol. The van der Waals surface area contributed by atoms with Gasteiger partial charge < -0.3 is 24.4 Å². The number of pyridine rings is 1. The van der Waals surface area contributed by atoms with Crippen LogP contribution in [0.1, 0.15) is 119 Å². The van der Waals surface area contributed by atoms with Crippen LogP contribution in [0.15, 0.2) is 36.2 Å². The molecule has 3 aromatic rings. The van der Waals surface area contributed by atoms with E-state index in [9.17, 15) is 18.0 Å². The van der Waals surface area contributed by atoms with Crippen LogP contribution in [-0.4, -0.2) is 88.7 Å². The number of carbonyl (C=O) groups is 4. The summed E-state index contributed by atoms with van der Waals surface area (Å²) in [6.45, 7) is 25.9. The molecule has 1 aromatic carbocycles. The summed E-state index contributed by atoms with van der Waals surface area (Å²) in [6, 6.07) is 4.29. The Labute approximate surface area is 370 Å². The van der Waals surface area contributed by atoms with Gasteiger partial charge in [0.25, 0.3) is 5.91 Å². The first-order chi connectivity index (χ1) is 28.6. The number of likely N-dealkylation sites (tertiary alicyclic amines) is 1. The molecule has 0 radical (unpaired) electrons. The summed E-state index contributed by atoms with van der Waals surface area (Å²) in [5.74, 6) is -2.74. The van der Waals surface area contributed by atoms with Gasteiger partial charge in [0.2, 0.25) is 21.8 Å². The first-order valence-corrected chi connectivity index (χ1v) is 23.6. The van der Waals surface area contributed by atoms with Crippen LogP contribution < -0.4 is 19.5 Å². The second-order valence-electron chi connectivity index (χ2n) is 20.4. The smallest absolute Gasteiger partial charge is 0.307 e. The van der Waals surface area contributed by atoms with E-state index in [4.69, 9.17) is 24.2 Å². The number of esters is 1. The molecule has 3 aliphatic rings. The third-order valence-corrected chi connectivity index (χ3v) is 15.8. The average Bonchev–Trinajstić information content (AvgIpc) is 3.99. The third-order valence-electron chi connectivity index (χ3n) is 12.7. The number of thiazole rings is 1. The molecule has 2 aromatic heterocycles. The van der Waals surface area contributed by atoms with Crippen molar-refractivity contribution in [2.45, 2.75) is 143 Å². The van der Waals surface area contributed by atoms with Gasteiger partial charge in [-0.3, -0.25) is 23.9 Å². The number of ether oxygens (including phenoxy) is 3. The average molecular weight is 894 g/mol. The molecule has 16 heteroatoms. The van der Waals surface area contributed by atoms with Gasteiger partial charge in [-0.2, -0.15) is 0 Å². The van der Waals surface area contributed by atoms with Crippen LogP contribution in [0.3, 0.4) is 0 Å². The van der Waals surface area contributed by atoms with Gasteiger partial charge in [-0.15, -0.1) is 17.9 Å². The first-order valence-electron chi connectivity index (χ1n) is 21.2. The molecule has 14 nitrogen and oxygen atoms in total. The zero-order valence-corrected chi connectivity index (χ0v) is 40.0. The van der Waals surface area contributed by atoms with Gasteiger partial charge in [0.1, 0.15) is 45.5 Å². The van der Waals surface area contributed by atoms with Crippen LogP contribution in [0, 0.1) is 29.6 Å². The predicted octanol–water partition coefficient (Wildman–Crippen LogP) is 7.24. The fraction of sp³-hybridized carbons (Fsp3) is 0.609. The Morgan fingerprint density at radius 1 is 1.05 bits per heavy atom. The third kappa shape index (κ3) is 8.95. The Hall–Kier alpha value is -4.57. The van der Waals surface area contributed by atoms with Gasteiger partial charge in [0.05, 0.1) is 42.0 Å². The van der Waals surface area contributed by atoms with Gasteiger partial charge >= 0.3 is 5.97 Å². The van der Waals surface area contributed by atoms with Gasteiger partial charge in [0.15, 0.2) is 0 Å². The molecule has 0 unspecified atom stereocenters. The van der Waals surface area contributed by atoms with Crippen LogP contribution in [0.4, 0.5) is 0 Å². The molecule has 2 N–H and O–H groups in total. The van der Waals surface area contributed by atoms with Crippen molar-refractivity contribution >= 4 is 56.0 Å². The van der Waals surface area contributed by atoms with E-state index in [-0.39, 0.29) is 25.3 Å². The maximum atomic E-state index is 15.1. The van der Waals surface area contributed by atoms with Gasteiger partial charge in [-0.1, -0.05) is 54.5 Å². The lowest BCUT2D eigenvalue weighted by atomic mass is 9.77. The van der Waals surface area contributed by atoms with Crippen LogP contribution in [-0.2, 0) is 33.9 Å². The molecule has 1 saturated heterocycles. The Kier molecular flexibility index (Phi) is 12.3. The summed E-state index contributed by atoms with van der Waals surface area (Å²) < 4.78 is 46.0. The molecule has 5 atom stereocenters. The number of aryl methyl sites for hydroxylation is 1. The Morgan fingerprint density at radius 2 is 1.71 bits per heavy atom. The number of carbonyl (C=O) groups excluding carboxylic acids is 4. The minimum Gasteiger partial charge on any atom is -0.496 e. The number of fused-ring (bicyclic) bond motifs is 1. The molecular formula is C46H63N5O9S2. The molecule has 0 spiro atoms. The molecule has 1 aliphatic heterocycles. The number of nitrogens with zero attached hydrogens (tertiary/aromatic N) is 3. The number of nitrogens with one attached hydrogen (secondary N) is 2. The number of hydrogen-bond acceptors (Lipinski definition) is 12. The van der Waals surface area contributed by atoms with Crippen molar-refractivity contribution in [1.82, 2.24) is 24.9 Å². The summed E-state index contributed by atoms with van der Waals surface area (Å²) >= 11 is 1.47. The summed E-state index contributed by atoms with van der Waals surface area (Å²) in [5, 5.41) is 6.29. The molecule has 338 valence electrons. The summed E-state index contributed by atoms with van der Waals surface area (Å²) in [7, 11) is -2.45. The lowest BCUT2D eigenvalue weighted by Gasteiger charge is -2.38. The van der Waals surface area contributed by atoms with E-state index in [1.54, 1.807) is 34.8 Å². The van der Waals surface area contributed by atoms with E-state index >= 15 is 9.59 Å². The van der Waals surface area contributed by atoms with Crippen LogP contribution in [0.5, 0.6) is 11.5 Å². The first kappa shape index (κ1) is 46.9. The normalized spacial score (nSPS) is 23.4. The summed E-state index contributed by atoms with van der Waals surface area (Å²) in [4.78, 5) is 68.9. The highest BCUT2D eigenvalue weighted by Crippen LogP contribution is 2.49. The van der Waals surface area contributed by atoms with Crippen molar-refractivity contribution in [3.05, 3.63) is 47.5 Å². The number of aromatic nitrogens is 2. The Balaban J connectivity index is 1.43. The van der Waals surface area contributed by atoms with Gasteiger partial charge in [-0.25, -0.2) is 18.4 Å². The highest BCUT2D eigenvalue weighted by molar-refractivity contribution is 7.91. The second-order valence-corrected chi connectivity index (χ2v) is 23.5. The summed E-state index contributed by atoms with van der Waals surface area (Å²) in [5.41, 5.74) is -1.38. The van der Waals surface area contributed by atoms with E-state index in [2.05, 4.69) is 30.5 Å². The number of rotatable bonds is 14. The van der Waals surface area contributed by atoms with Crippen LogP contribution >= 0.6 is 11.3 Å². The van der Waals surface area contributed by atoms with Crippen molar-refractivity contribution in [2.75, 3.05) is 13.7 Å². The standard InChI is InChI=1S/C46H63N5O9S2/c1-15-27-22-46(27,41(55)50-62(56,57)45(13)18-19-45)49-38(53)37-44(11,12)34(23-51(37)40(54)29(42(5,6)7)20-35(52)60-43(8,9)10)59-33-21-30(39-48-31(24-61-39)25(2)3)47-36-26(4)32(58-14)17-16-28(33)36/h15-17,21,24-25,27,29,34,37H,1,18-20,22-23H2,2-14H3,(H,49,53)(H,50,55)/t27-,29-,34+,37-,46-/m1/s1. The second kappa shape index (κ2) is 16.2. The van der Waals surface area contributed by atoms with E-state index in [0.29, 0.717) is 45.9 Å². The maximum Gasteiger partial charge on any atom is 0.307 e. The topological polar surface area (TPSA) is 183 Å². The van der Waals surface area contributed by atoms with Crippen molar-refractivity contribution in [1.29, 1.82) is 0 Å². The van der Waals surface area contributed by atoms with E-state index in [1.807, 2.05) is 65.1 Å². The molecule has 62 heavy (non-hydrogen) atoms. The fourth-order valence-corrected chi connectivity index (χ4v) is 10.5. The SMILES string of the molecule is C=C[C@@H]1C[C@]1(NC(=O)[C@H]1N(C(=O)[C@@H](CC(=O)OC(C)(C)C)C(C)(C)C)C[C@H](Oc2cc(-c3nc(C(C)C)cs3)nc3c(C)c(OC)ccc23)C1(C)C)C(=O)NS(=O)(=O)C1(C)CC1. The molecule has 6 rings (SSSR count). The number of methoxy groups -OCH3 is 1. The largest absolute Gasteiger partial charge is 0.496 e. The molecule has 2 saturated carbocycles. The van der Waals surface area contributed by atoms with Crippen LogP contribution in [0.2, 0.25) is 0 Å². The van der Waals surface area contributed by atoms with Crippen molar-refractivity contribution < 1.29 is 41.8 Å². The molecule has 2 aliphatic carbocycles. The van der Waals surface area contributed by atoms with Gasteiger partial charge in [0, 0.05) is 33.7 Å². The fourth-order valence-electron chi connectivity index (χ4n) is 8.23. The Bertz CT molecular complexity index is 2410. The Morgan fingerprint density at radius 3 is 2.24 bits per heavy atom. The highest BCUT2D eigenvalue weighted by atomic mass is 32.2. The minimum atomic E-state index is -4.04. The summed E-state index contributed by atoms with van der Waals surface area (Å²) in [6.07, 6.45) is 1.40. The van der Waals surface area contributed by atoms with E-state index in [1.165, 1.54) is 22.3 Å². The lowest BCUT2D eigenvalue weighted by molar-refractivity contribution is -0.161. The quantitative estimate of drug-likeness (QED) is 0.123. The zero-order chi connectivity index (χ0) is 46.1. The number of benzene rings is 1. The predicted molar refractivity (Wildman–Crippen MR) is 239 cm³/mol. The molecule has 3 fully saturated rings. The zero-order valence-electron chi connectivity index (χ0n) is 38.3. The molecule has 0 bridgehead atoms. The van der Waals surface area contributed by atoms with Crippen molar-refractivity contribution in [3.8, 4) is 22.2 Å². The highest BCUT2D eigenvalue weighted by Gasteiger charge is 2.64. The number of sulfonamides is 1. The van der Waals surface area contributed by atoms with E-state index < -0.39 is 84.4 Å². The van der Waals surface area contributed by atoms with Crippen molar-refractivity contribution in [2.24, 2.45) is 22.7 Å². The van der Waals surface area contributed by atoms with Gasteiger partial charge in [-0.05, 0) is 77.3 Å². The van der Waals surface area contributed by atoms with Crippen molar-refractivity contribution in [3.63, 3.8) is 0 Å². The van der Waals surface area contributed by atoms with E-state index in [0.717, 1.165) is 11.3 Å².